The zero-order chi connectivity index (χ0) is 12.1. The van der Waals surface area contributed by atoms with Gasteiger partial charge in [-0.2, -0.15) is 0 Å². The summed E-state index contributed by atoms with van der Waals surface area (Å²) in [5.41, 5.74) is 2.25. The van der Waals surface area contributed by atoms with Crippen molar-refractivity contribution < 1.29 is 4.74 Å². The predicted molar refractivity (Wildman–Crippen MR) is 72.3 cm³/mol. The minimum absolute atomic E-state index is 0.771. The van der Waals surface area contributed by atoms with Crippen LogP contribution < -0.4 is 10.1 Å². The Hall–Kier alpha value is -1.55. The molecule has 2 rings (SSSR count). The Balaban J connectivity index is 1.97. The van der Waals surface area contributed by atoms with Gasteiger partial charge in [-0.05, 0) is 57.9 Å². The molecule has 0 bridgehead atoms. The lowest BCUT2D eigenvalue weighted by molar-refractivity contribution is 0.415. The summed E-state index contributed by atoms with van der Waals surface area (Å²) in [4.78, 5) is 4.09. The van der Waals surface area contributed by atoms with E-state index in [0.717, 1.165) is 22.6 Å². The molecule has 17 heavy (non-hydrogen) atoms. The van der Waals surface area contributed by atoms with Crippen LogP contribution in [-0.4, -0.2) is 12.1 Å². The second kappa shape index (κ2) is 5.68. The first-order valence-corrected chi connectivity index (χ1v) is 6.05. The fraction of sp³-hybridized carbons (Fsp3) is 0.154. The second-order valence-electron chi connectivity index (χ2n) is 3.57. The molecule has 0 aliphatic carbocycles. The molecule has 0 fully saturated rings. The van der Waals surface area contributed by atoms with Gasteiger partial charge in [0.05, 0.1) is 7.11 Å². The van der Waals surface area contributed by atoms with Crippen LogP contribution >= 0.6 is 15.9 Å². The number of halogens is 1. The van der Waals surface area contributed by atoms with Gasteiger partial charge in [-0.1, -0.05) is 0 Å². The minimum atomic E-state index is 0.771. The van der Waals surface area contributed by atoms with Crippen molar-refractivity contribution in [3.8, 4) is 5.75 Å². The summed E-state index contributed by atoms with van der Waals surface area (Å²) in [6.07, 6.45) is 1.79. The third-order valence-corrected chi connectivity index (χ3v) is 2.81. The molecule has 0 aliphatic rings. The zero-order valence-corrected chi connectivity index (χ0v) is 11.1. The summed E-state index contributed by atoms with van der Waals surface area (Å²) in [5, 5.41) is 3.34. The van der Waals surface area contributed by atoms with Gasteiger partial charge >= 0.3 is 0 Å². The van der Waals surface area contributed by atoms with Gasteiger partial charge in [-0.3, -0.25) is 0 Å². The smallest absolute Gasteiger partial charge is 0.119 e. The molecule has 88 valence electrons. The lowest BCUT2D eigenvalue weighted by atomic mass is 10.2. The van der Waals surface area contributed by atoms with Crippen molar-refractivity contribution >= 4 is 21.6 Å². The normalized spacial score (nSPS) is 10.0. The summed E-state index contributed by atoms with van der Waals surface area (Å²) in [7, 11) is 1.66. The van der Waals surface area contributed by atoms with E-state index in [-0.39, 0.29) is 0 Å². The third kappa shape index (κ3) is 3.46. The van der Waals surface area contributed by atoms with E-state index in [1.807, 2.05) is 36.4 Å². The van der Waals surface area contributed by atoms with Crippen molar-refractivity contribution in [2.24, 2.45) is 0 Å². The van der Waals surface area contributed by atoms with Gasteiger partial charge in [-0.15, -0.1) is 0 Å². The molecule has 1 aromatic heterocycles. The van der Waals surface area contributed by atoms with Gasteiger partial charge in [0.25, 0.3) is 0 Å². The van der Waals surface area contributed by atoms with Crippen LogP contribution in [0.25, 0.3) is 0 Å². The highest BCUT2D eigenvalue weighted by molar-refractivity contribution is 9.10. The Morgan fingerprint density at radius 3 is 2.65 bits per heavy atom. The van der Waals surface area contributed by atoms with E-state index >= 15 is 0 Å². The number of benzene rings is 1. The third-order valence-electron chi connectivity index (χ3n) is 2.38. The number of anilines is 1. The Kier molecular flexibility index (Phi) is 3.98. The molecule has 0 saturated heterocycles. The molecule has 0 spiro atoms. The molecule has 1 aromatic carbocycles. The fourth-order valence-corrected chi connectivity index (χ4v) is 1.88. The maximum Gasteiger partial charge on any atom is 0.119 e. The highest BCUT2D eigenvalue weighted by Crippen LogP contribution is 2.16. The maximum atomic E-state index is 5.11. The molecule has 0 radical (unpaired) electrons. The number of hydrogen-bond donors (Lipinski definition) is 1. The van der Waals surface area contributed by atoms with Gasteiger partial charge in [0.2, 0.25) is 0 Å². The number of hydrogen-bond acceptors (Lipinski definition) is 3. The molecule has 0 atom stereocenters. The number of pyridine rings is 1. The zero-order valence-electron chi connectivity index (χ0n) is 9.48. The lowest BCUT2D eigenvalue weighted by Gasteiger charge is -2.07. The number of ether oxygens (including phenoxy) is 1. The summed E-state index contributed by atoms with van der Waals surface area (Å²) in [6.45, 7) is 0.771. The van der Waals surface area contributed by atoms with Gasteiger partial charge < -0.3 is 10.1 Å². The van der Waals surface area contributed by atoms with E-state index in [1.54, 1.807) is 13.3 Å². The van der Waals surface area contributed by atoms with Crippen molar-refractivity contribution in [3.63, 3.8) is 0 Å². The molecule has 0 unspecified atom stereocenters. The van der Waals surface area contributed by atoms with Crippen LogP contribution in [0.1, 0.15) is 5.56 Å². The molecule has 0 aliphatic heterocycles. The first-order valence-electron chi connectivity index (χ1n) is 5.26. The van der Waals surface area contributed by atoms with Crippen molar-refractivity contribution in [1.29, 1.82) is 0 Å². The number of aromatic nitrogens is 1. The van der Waals surface area contributed by atoms with Gasteiger partial charge in [-0.25, -0.2) is 4.98 Å². The lowest BCUT2D eigenvalue weighted by Crippen LogP contribution is -1.99. The Morgan fingerprint density at radius 1 is 1.24 bits per heavy atom. The van der Waals surface area contributed by atoms with Crippen LogP contribution in [0.15, 0.2) is 47.2 Å². The number of methoxy groups -OCH3 is 1. The van der Waals surface area contributed by atoms with E-state index < -0.39 is 0 Å². The Bertz CT molecular complexity index is 485. The molecular formula is C13H13BrN2O. The molecule has 1 N–H and O–H groups in total. The molecule has 0 saturated carbocycles. The molecule has 2 aromatic rings. The van der Waals surface area contributed by atoms with Crippen molar-refractivity contribution in [1.82, 2.24) is 4.98 Å². The quantitative estimate of drug-likeness (QED) is 0.877. The topological polar surface area (TPSA) is 34.1 Å². The molecule has 0 amide bonds. The summed E-state index contributed by atoms with van der Waals surface area (Å²) < 4.78 is 5.96. The van der Waals surface area contributed by atoms with E-state index in [0.29, 0.717) is 0 Å². The second-order valence-corrected chi connectivity index (χ2v) is 4.38. The summed E-state index contributed by atoms with van der Waals surface area (Å²) in [6, 6.07) is 11.8. The molecule has 3 nitrogen and oxygen atoms in total. The van der Waals surface area contributed by atoms with Crippen LogP contribution in [0.2, 0.25) is 0 Å². The first-order chi connectivity index (χ1) is 8.28. The van der Waals surface area contributed by atoms with Crippen LogP contribution in [0, 0.1) is 0 Å². The van der Waals surface area contributed by atoms with E-state index in [9.17, 15) is 0 Å². The summed E-state index contributed by atoms with van der Waals surface area (Å²) >= 11 is 3.35. The van der Waals surface area contributed by atoms with Crippen LogP contribution in [0.5, 0.6) is 5.75 Å². The van der Waals surface area contributed by atoms with Crippen molar-refractivity contribution in [2.75, 3.05) is 12.4 Å². The van der Waals surface area contributed by atoms with Crippen molar-refractivity contribution in [3.05, 3.63) is 52.8 Å². The standard InChI is InChI=1S/C13H13BrN2O/c1-17-12-4-2-11(3-5-12)16-9-10-6-7-15-13(14)8-10/h2-8,16H,9H2,1H3. The number of nitrogens with zero attached hydrogens (tertiary/aromatic N) is 1. The van der Waals surface area contributed by atoms with E-state index in [1.165, 1.54) is 5.56 Å². The number of rotatable bonds is 4. The predicted octanol–water partition coefficient (Wildman–Crippen LogP) is 3.46. The molecule has 1 heterocycles. The molecule has 4 heteroatoms. The SMILES string of the molecule is COc1ccc(NCc2ccnc(Br)c2)cc1. The van der Waals surface area contributed by atoms with E-state index in [2.05, 4.69) is 26.2 Å². The largest absolute Gasteiger partial charge is 0.497 e. The molecular weight excluding hydrogens is 280 g/mol. The first kappa shape index (κ1) is 11.9. The highest BCUT2D eigenvalue weighted by Gasteiger charge is 1.96. The number of nitrogens with one attached hydrogen (secondary N) is 1. The van der Waals surface area contributed by atoms with Gasteiger partial charge in [0, 0.05) is 18.4 Å². The monoisotopic (exact) mass is 292 g/mol. The highest BCUT2D eigenvalue weighted by atomic mass is 79.9. The maximum absolute atomic E-state index is 5.11. The van der Waals surface area contributed by atoms with Gasteiger partial charge in [0.15, 0.2) is 0 Å². The Morgan fingerprint density at radius 2 is 2.00 bits per heavy atom. The fourth-order valence-electron chi connectivity index (χ4n) is 1.47. The average Bonchev–Trinajstić information content (AvgIpc) is 2.37. The van der Waals surface area contributed by atoms with Crippen molar-refractivity contribution in [2.45, 2.75) is 6.54 Å². The van der Waals surface area contributed by atoms with Crippen LogP contribution in [0.4, 0.5) is 5.69 Å². The Labute approximate surface area is 109 Å². The van der Waals surface area contributed by atoms with Crippen LogP contribution in [-0.2, 0) is 6.54 Å². The summed E-state index contributed by atoms with van der Waals surface area (Å²) in [5.74, 6) is 0.863. The van der Waals surface area contributed by atoms with Gasteiger partial charge in [0.1, 0.15) is 10.4 Å². The van der Waals surface area contributed by atoms with Crippen LogP contribution in [0.3, 0.4) is 0 Å². The van der Waals surface area contributed by atoms with E-state index in [4.69, 9.17) is 4.74 Å². The average molecular weight is 293 g/mol. The minimum Gasteiger partial charge on any atom is -0.497 e.